The van der Waals surface area contributed by atoms with Gasteiger partial charge in [0.25, 0.3) is 5.91 Å². The molecule has 0 N–H and O–H groups in total. The van der Waals surface area contributed by atoms with Gasteiger partial charge >= 0.3 is 6.09 Å². The van der Waals surface area contributed by atoms with Gasteiger partial charge in [-0.3, -0.25) is 14.5 Å². The van der Waals surface area contributed by atoms with E-state index in [-0.39, 0.29) is 17.8 Å². The Hall–Kier alpha value is -2.91. The molecule has 8 nitrogen and oxygen atoms in total. The largest absolute Gasteiger partial charge is 0.491 e. The van der Waals surface area contributed by atoms with Crippen LogP contribution in [0.2, 0.25) is 0 Å². The third-order valence-electron chi connectivity index (χ3n) is 5.86. The monoisotopic (exact) mass is 471 g/mol. The number of hydrogen-bond donors (Lipinski definition) is 0. The normalized spacial score (nSPS) is 16.5. The maximum absolute atomic E-state index is 13.1. The summed E-state index contributed by atoms with van der Waals surface area (Å²) in [5.41, 5.74) is 2.12. The molecule has 0 unspecified atom stereocenters. The molecule has 1 aromatic carbocycles. The molecule has 0 atom stereocenters. The number of ether oxygens (including phenoxy) is 2. The standard InChI is InChI=1S/C24H29N3O5S/c1-3-31-24(30)26-10-8-25(9-11-26)15-18-4-5-20-19(14-18)16-27(12-13-32-20)23(29)22-7-6-21(33-22)17(2)28/h4-7,14H,3,8-13,15-16H2,1-2H3. The summed E-state index contributed by atoms with van der Waals surface area (Å²) in [5.74, 6) is 0.692. The SMILES string of the molecule is CCOC(=O)N1CCN(Cc2ccc3c(c2)CN(C(=O)c2ccc(C(C)=O)s2)CCO3)CC1. The molecule has 0 bridgehead atoms. The van der Waals surface area contributed by atoms with Crippen LogP contribution in [0.5, 0.6) is 5.75 Å². The molecule has 176 valence electrons. The molecule has 0 aliphatic carbocycles. The lowest BCUT2D eigenvalue weighted by Gasteiger charge is -2.34. The van der Waals surface area contributed by atoms with Crippen molar-refractivity contribution in [2.75, 3.05) is 45.9 Å². The number of nitrogens with zero attached hydrogens (tertiary/aromatic N) is 3. The van der Waals surface area contributed by atoms with Crippen LogP contribution in [0.3, 0.4) is 0 Å². The van der Waals surface area contributed by atoms with Gasteiger partial charge in [0.05, 0.1) is 22.9 Å². The Bertz CT molecular complexity index is 1030. The lowest BCUT2D eigenvalue weighted by Crippen LogP contribution is -2.48. The molecule has 4 rings (SSSR count). The molecule has 1 saturated heterocycles. The van der Waals surface area contributed by atoms with Gasteiger partial charge in [0.1, 0.15) is 12.4 Å². The number of hydrogen-bond acceptors (Lipinski definition) is 7. The van der Waals surface area contributed by atoms with Gasteiger partial charge in [-0.25, -0.2) is 4.79 Å². The first-order chi connectivity index (χ1) is 15.9. The van der Waals surface area contributed by atoms with Crippen LogP contribution in [-0.4, -0.2) is 78.4 Å². The van der Waals surface area contributed by atoms with Gasteiger partial charge in [0.2, 0.25) is 0 Å². The highest BCUT2D eigenvalue weighted by molar-refractivity contribution is 7.15. The van der Waals surface area contributed by atoms with Crippen molar-refractivity contribution in [3.8, 4) is 5.75 Å². The van der Waals surface area contributed by atoms with Gasteiger partial charge < -0.3 is 19.3 Å². The summed E-state index contributed by atoms with van der Waals surface area (Å²) in [5, 5.41) is 0. The zero-order valence-corrected chi connectivity index (χ0v) is 19.9. The van der Waals surface area contributed by atoms with Gasteiger partial charge in [0.15, 0.2) is 5.78 Å². The molecule has 9 heteroatoms. The van der Waals surface area contributed by atoms with Gasteiger partial charge in [-0.05, 0) is 43.7 Å². The maximum atomic E-state index is 13.1. The molecule has 0 spiro atoms. The molecule has 2 amide bonds. The fourth-order valence-corrected chi connectivity index (χ4v) is 4.95. The smallest absolute Gasteiger partial charge is 0.409 e. The fraction of sp³-hybridized carbons (Fsp3) is 0.458. The van der Waals surface area contributed by atoms with Gasteiger partial charge in [0, 0.05) is 44.8 Å². The zero-order valence-electron chi connectivity index (χ0n) is 19.0. The van der Waals surface area contributed by atoms with Crippen LogP contribution in [0.4, 0.5) is 4.79 Å². The minimum Gasteiger partial charge on any atom is -0.491 e. The van der Waals surface area contributed by atoms with Crippen LogP contribution < -0.4 is 4.74 Å². The molecule has 0 saturated carbocycles. The summed E-state index contributed by atoms with van der Waals surface area (Å²) >= 11 is 1.24. The second kappa shape index (κ2) is 10.4. The number of benzene rings is 1. The highest BCUT2D eigenvalue weighted by Gasteiger charge is 2.25. The molecule has 1 aromatic heterocycles. The van der Waals surface area contributed by atoms with Crippen LogP contribution in [0, 0.1) is 0 Å². The molecule has 1 fully saturated rings. The summed E-state index contributed by atoms with van der Waals surface area (Å²) < 4.78 is 11.0. The molecule has 33 heavy (non-hydrogen) atoms. The summed E-state index contributed by atoms with van der Waals surface area (Å²) in [6.07, 6.45) is -0.245. The van der Waals surface area contributed by atoms with E-state index < -0.39 is 0 Å². The van der Waals surface area contributed by atoms with Crippen molar-refractivity contribution in [3.05, 3.63) is 51.2 Å². The first-order valence-electron chi connectivity index (χ1n) is 11.2. The predicted molar refractivity (Wildman–Crippen MR) is 125 cm³/mol. The van der Waals surface area contributed by atoms with Gasteiger partial charge in [-0.2, -0.15) is 0 Å². The Morgan fingerprint density at radius 2 is 1.76 bits per heavy atom. The van der Waals surface area contributed by atoms with E-state index in [1.54, 1.807) is 21.9 Å². The number of piperazine rings is 1. The van der Waals surface area contributed by atoms with Crippen molar-refractivity contribution >= 4 is 29.1 Å². The van der Waals surface area contributed by atoms with Crippen LogP contribution in [-0.2, 0) is 17.8 Å². The van der Waals surface area contributed by atoms with E-state index in [0.29, 0.717) is 49.1 Å². The fourth-order valence-electron chi connectivity index (χ4n) is 4.08. The molecule has 0 radical (unpaired) electrons. The van der Waals surface area contributed by atoms with E-state index in [2.05, 4.69) is 17.0 Å². The second-order valence-corrected chi connectivity index (χ2v) is 9.28. The summed E-state index contributed by atoms with van der Waals surface area (Å²) in [7, 11) is 0. The molecular weight excluding hydrogens is 442 g/mol. The Labute approximate surface area is 197 Å². The number of fused-ring (bicyclic) bond motifs is 1. The number of carbonyl (C=O) groups excluding carboxylic acids is 3. The van der Waals surface area contributed by atoms with Crippen molar-refractivity contribution in [3.63, 3.8) is 0 Å². The third kappa shape index (κ3) is 5.54. The lowest BCUT2D eigenvalue weighted by molar-refractivity contribution is 0.0736. The van der Waals surface area contributed by atoms with E-state index in [1.807, 2.05) is 13.0 Å². The average Bonchev–Trinajstić information content (AvgIpc) is 3.21. The number of amides is 2. The summed E-state index contributed by atoms with van der Waals surface area (Å²) in [6, 6.07) is 9.58. The molecular formula is C24H29N3O5S. The Morgan fingerprint density at radius 1 is 1.00 bits per heavy atom. The number of thiophene rings is 1. The van der Waals surface area contributed by atoms with Crippen molar-refractivity contribution in [1.29, 1.82) is 0 Å². The van der Waals surface area contributed by atoms with E-state index in [1.165, 1.54) is 18.3 Å². The van der Waals surface area contributed by atoms with Crippen LogP contribution in [0.15, 0.2) is 30.3 Å². The van der Waals surface area contributed by atoms with Crippen LogP contribution >= 0.6 is 11.3 Å². The Morgan fingerprint density at radius 3 is 2.45 bits per heavy atom. The molecule has 2 aromatic rings. The van der Waals surface area contributed by atoms with Crippen molar-refractivity contribution in [2.45, 2.75) is 26.9 Å². The van der Waals surface area contributed by atoms with Crippen molar-refractivity contribution < 1.29 is 23.9 Å². The van der Waals surface area contributed by atoms with Crippen LogP contribution in [0.1, 0.15) is 44.3 Å². The third-order valence-corrected chi connectivity index (χ3v) is 7.03. The van der Waals surface area contributed by atoms with Crippen molar-refractivity contribution in [1.82, 2.24) is 14.7 Å². The summed E-state index contributed by atoms with van der Waals surface area (Å²) in [6.45, 7) is 8.74. The first-order valence-corrected chi connectivity index (χ1v) is 12.0. The van der Waals surface area contributed by atoms with Gasteiger partial charge in [-0.1, -0.05) is 6.07 Å². The first kappa shape index (κ1) is 23.3. The highest BCUT2D eigenvalue weighted by Crippen LogP contribution is 2.27. The molecule has 2 aliphatic heterocycles. The minimum atomic E-state index is -0.245. The molecule has 3 heterocycles. The average molecular weight is 472 g/mol. The van der Waals surface area contributed by atoms with Gasteiger partial charge in [-0.15, -0.1) is 11.3 Å². The summed E-state index contributed by atoms with van der Waals surface area (Å²) in [4.78, 5) is 43.5. The molecule has 2 aliphatic rings. The minimum absolute atomic E-state index is 0.0312. The van der Waals surface area contributed by atoms with E-state index >= 15 is 0 Å². The number of Topliss-reactive ketones (excluding diaryl/α,β-unsaturated/α-hetero) is 1. The second-order valence-electron chi connectivity index (χ2n) is 8.20. The quantitative estimate of drug-likeness (QED) is 0.623. The number of carbonyl (C=O) groups is 3. The highest BCUT2D eigenvalue weighted by atomic mass is 32.1. The van der Waals surface area contributed by atoms with E-state index in [9.17, 15) is 14.4 Å². The van der Waals surface area contributed by atoms with Crippen molar-refractivity contribution in [2.24, 2.45) is 0 Å². The topological polar surface area (TPSA) is 79.4 Å². The van der Waals surface area contributed by atoms with E-state index in [4.69, 9.17) is 9.47 Å². The lowest BCUT2D eigenvalue weighted by atomic mass is 10.1. The maximum Gasteiger partial charge on any atom is 0.409 e. The van der Waals surface area contributed by atoms with Crippen LogP contribution in [0.25, 0.3) is 0 Å². The van der Waals surface area contributed by atoms with E-state index in [0.717, 1.165) is 36.5 Å². The Balaban J connectivity index is 1.40. The Kier molecular flexibility index (Phi) is 7.29. The number of rotatable bonds is 5. The predicted octanol–water partition coefficient (Wildman–Crippen LogP) is 3.26. The zero-order chi connectivity index (χ0) is 23.4. The number of ketones is 1.